The van der Waals surface area contributed by atoms with Crippen LogP contribution in [-0.2, 0) is 28.6 Å². The van der Waals surface area contributed by atoms with Gasteiger partial charge in [0.2, 0.25) is 0 Å². The summed E-state index contributed by atoms with van der Waals surface area (Å²) in [6, 6.07) is 0. The summed E-state index contributed by atoms with van der Waals surface area (Å²) in [6.07, 6.45) is 96.3. The van der Waals surface area contributed by atoms with Crippen molar-refractivity contribution in [1.29, 1.82) is 0 Å². The summed E-state index contributed by atoms with van der Waals surface area (Å²) >= 11 is 0. The van der Waals surface area contributed by atoms with E-state index in [1.54, 1.807) is 0 Å². The van der Waals surface area contributed by atoms with Crippen LogP contribution in [0.4, 0.5) is 0 Å². The first-order valence-electron chi connectivity index (χ1n) is 33.7. The Hall–Kier alpha value is -4.45. The fraction of sp³-hybridized carbons (Fsp3) is 0.667. The zero-order valence-electron chi connectivity index (χ0n) is 52.8. The van der Waals surface area contributed by atoms with Crippen LogP contribution in [-0.4, -0.2) is 37.2 Å². The summed E-state index contributed by atoms with van der Waals surface area (Å²) in [5.74, 6) is -0.981. The Balaban J connectivity index is 4.31. The number of hydrogen-bond donors (Lipinski definition) is 0. The average molecular weight is 1120 g/mol. The lowest BCUT2D eigenvalue weighted by atomic mass is 10.0. The molecule has 460 valence electrons. The van der Waals surface area contributed by atoms with Gasteiger partial charge in [0.25, 0.3) is 0 Å². The number of esters is 3. The van der Waals surface area contributed by atoms with Crippen LogP contribution in [0.3, 0.4) is 0 Å². The van der Waals surface area contributed by atoms with Crippen molar-refractivity contribution in [3.63, 3.8) is 0 Å². The van der Waals surface area contributed by atoms with Crippen molar-refractivity contribution in [3.05, 3.63) is 134 Å². The summed E-state index contributed by atoms with van der Waals surface area (Å²) in [7, 11) is 0. The van der Waals surface area contributed by atoms with Crippen molar-refractivity contribution in [3.8, 4) is 0 Å². The maximum atomic E-state index is 12.9. The number of unbranched alkanes of at least 4 members (excludes halogenated alkanes) is 27. The van der Waals surface area contributed by atoms with Crippen LogP contribution in [0.1, 0.15) is 303 Å². The summed E-state index contributed by atoms with van der Waals surface area (Å²) in [6.45, 7) is 6.35. The third-order valence-electron chi connectivity index (χ3n) is 14.1. The molecule has 0 saturated heterocycles. The lowest BCUT2D eigenvalue weighted by Gasteiger charge is -2.18. The summed E-state index contributed by atoms with van der Waals surface area (Å²) in [4.78, 5) is 38.3. The molecular formula is C75H124O6. The van der Waals surface area contributed by atoms with E-state index in [2.05, 4.69) is 154 Å². The topological polar surface area (TPSA) is 78.9 Å². The molecule has 0 aromatic rings. The van der Waals surface area contributed by atoms with Crippen molar-refractivity contribution >= 4 is 17.9 Å². The van der Waals surface area contributed by atoms with Gasteiger partial charge in [0.05, 0.1) is 0 Å². The normalized spacial score (nSPS) is 13.0. The molecule has 0 heterocycles. The van der Waals surface area contributed by atoms with Crippen LogP contribution < -0.4 is 0 Å². The Morgan fingerprint density at radius 2 is 0.494 bits per heavy atom. The van der Waals surface area contributed by atoms with E-state index in [0.717, 1.165) is 128 Å². The number of ether oxygens (including phenoxy) is 3. The van der Waals surface area contributed by atoms with Gasteiger partial charge in [0, 0.05) is 19.3 Å². The third-order valence-corrected chi connectivity index (χ3v) is 14.1. The van der Waals surface area contributed by atoms with Crippen LogP contribution in [0.2, 0.25) is 0 Å². The molecule has 0 amide bonds. The first kappa shape index (κ1) is 76.5. The van der Waals surface area contributed by atoms with E-state index in [-0.39, 0.29) is 37.5 Å². The lowest BCUT2D eigenvalue weighted by Crippen LogP contribution is -2.30. The van der Waals surface area contributed by atoms with Crippen molar-refractivity contribution in [2.45, 2.75) is 309 Å². The van der Waals surface area contributed by atoms with Gasteiger partial charge in [-0.2, -0.15) is 0 Å². The molecular weight excluding hydrogens is 997 g/mol. The van der Waals surface area contributed by atoms with E-state index >= 15 is 0 Å². The average Bonchev–Trinajstić information content (AvgIpc) is 3.47. The SMILES string of the molecule is CC/C=C\C/C=C\C/C=C\C/C=C\C/C=C\CCCC(=O)OC(COC(=O)CCCCCCC/C=C\C/C=C\C/C=C\CC)COC(=O)CCCCCCCCCCCCCCCCCC/C=C\C/C=C\C/C=C\CCCCCCC. The Kier molecular flexibility index (Phi) is 64.3. The van der Waals surface area contributed by atoms with Gasteiger partial charge in [-0.25, -0.2) is 0 Å². The predicted octanol–water partition coefficient (Wildman–Crippen LogP) is 23.3. The van der Waals surface area contributed by atoms with Crippen LogP contribution in [0.5, 0.6) is 0 Å². The van der Waals surface area contributed by atoms with Crippen molar-refractivity contribution in [2.75, 3.05) is 13.2 Å². The molecule has 0 spiro atoms. The second-order valence-electron chi connectivity index (χ2n) is 22.0. The monoisotopic (exact) mass is 1120 g/mol. The number of rotatable bonds is 60. The van der Waals surface area contributed by atoms with Gasteiger partial charge in [-0.15, -0.1) is 0 Å². The van der Waals surface area contributed by atoms with Gasteiger partial charge in [0.15, 0.2) is 6.10 Å². The highest BCUT2D eigenvalue weighted by Crippen LogP contribution is 2.16. The molecule has 0 aromatic heterocycles. The van der Waals surface area contributed by atoms with Crippen LogP contribution >= 0.6 is 0 Å². The largest absolute Gasteiger partial charge is 0.462 e. The molecule has 1 atom stereocenters. The minimum Gasteiger partial charge on any atom is -0.462 e. The summed E-state index contributed by atoms with van der Waals surface area (Å²) < 4.78 is 16.9. The number of carbonyl (C=O) groups excluding carboxylic acids is 3. The first-order valence-corrected chi connectivity index (χ1v) is 33.7. The molecule has 0 aliphatic carbocycles. The van der Waals surface area contributed by atoms with Crippen molar-refractivity contribution < 1.29 is 28.6 Å². The van der Waals surface area contributed by atoms with Gasteiger partial charge < -0.3 is 14.2 Å². The van der Waals surface area contributed by atoms with E-state index in [1.165, 1.54) is 128 Å². The summed E-state index contributed by atoms with van der Waals surface area (Å²) in [5.41, 5.74) is 0. The lowest BCUT2D eigenvalue weighted by molar-refractivity contribution is -0.167. The molecule has 0 fully saturated rings. The van der Waals surface area contributed by atoms with Crippen LogP contribution in [0.15, 0.2) is 134 Å². The smallest absolute Gasteiger partial charge is 0.306 e. The Labute approximate surface area is 500 Å². The minimum atomic E-state index is -0.820. The molecule has 0 aliphatic heterocycles. The molecule has 0 bridgehead atoms. The molecule has 6 heteroatoms. The Morgan fingerprint density at radius 1 is 0.259 bits per heavy atom. The number of allylic oxidation sites excluding steroid dienone is 22. The zero-order valence-corrected chi connectivity index (χ0v) is 52.8. The zero-order chi connectivity index (χ0) is 58.5. The molecule has 0 N–H and O–H groups in total. The minimum absolute atomic E-state index is 0.109. The maximum absolute atomic E-state index is 12.9. The summed E-state index contributed by atoms with van der Waals surface area (Å²) in [5, 5.41) is 0. The highest BCUT2D eigenvalue weighted by molar-refractivity contribution is 5.71. The molecule has 0 aromatic carbocycles. The Bertz CT molecular complexity index is 1720. The fourth-order valence-corrected chi connectivity index (χ4v) is 9.15. The predicted molar refractivity (Wildman–Crippen MR) is 353 cm³/mol. The second kappa shape index (κ2) is 68.1. The molecule has 0 aliphatic rings. The highest BCUT2D eigenvalue weighted by Gasteiger charge is 2.19. The molecule has 0 saturated carbocycles. The van der Waals surface area contributed by atoms with Gasteiger partial charge in [-0.3, -0.25) is 14.4 Å². The number of carbonyl (C=O) groups is 3. The van der Waals surface area contributed by atoms with Gasteiger partial charge in [0.1, 0.15) is 13.2 Å². The third kappa shape index (κ3) is 66.2. The van der Waals surface area contributed by atoms with E-state index in [9.17, 15) is 14.4 Å². The van der Waals surface area contributed by atoms with Crippen LogP contribution in [0.25, 0.3) is 0 Å². The highest BCUT2D eigenvalue weighted by atomic mass is 16.6. The molecule has 1 unspecified atom stereocenters. The van der Waals surface area contributed by atoms with Gasteiger partial charge in [-0.1, -0.05) is 289 Å². The molecule has 6 nitrogen and oxygen atoms in total. The van der Waals surface area contributed by atoms with E-state index < -0.39 is 6.10 Å². The second-order valence-corrected chi connectivity index (χ2v) is 22.0. The van der Waals surface area contributed by atoms with Crippen molar-refractivity contribution in [2.24, 2.45) is 0 Å². The molecule has 81 heavy (non-hydrogen) atoms. The fourth-order valence-electron chi connectivity index (χ4n) is 9.15. The van der Waals surface area contributed by atoms with Gasteiger partial charge >= 0.3 is 17.9 Å². The van der Waals surface area contributed by atoms with Crippen LogP contribution in [0, 0.1) is 0 Å². The maximum Gasteiger partial charge on any atom is 0.306 e. The van der Waals surface area contributed by atoms with Gasteiger partial charge in [-0.05, 0) is 128 Å². The molecule has 0 rings (SSSR count). The first-order chi connectivity index (χ1) is 40.0. The standard InChI is InChI=1S/C75H124O6/c1-4-7-10-13-16-19-22-25-28-30-31-32-33-34-35-36-37-38-39-40-41-42-43-45-47-50-53-56-59-62-65-68-74(77)80-71-72(70-79-73(76)67-64-61-58-55-52-49-46-27-24-21-18-15-12-9-6-3)81-75(78)69-66-63-60-57-54-51-48-44-29-26-23-20-17-14-11-8-5-2/h8-9,11-12,17-18,20-22,25-27,29-31,33-34,46,48,51,57,60,72H,4-7,10,13-16,19,23-24,28,32,35-45,47,49-50,52-56,58-59,61-71H2,1-3H3/b11-8-,12-9-,20-17-,21-18-,25-22-,29-26-,31-30-,34-33-,46-27-,51-48-,60-57-. The Morgan fingerprint density at radius 3 is 0.790 bits per heavy atom. The quantitative estimate of drug-likeness (QED) is 0.0261. The van der Waals surface area contributed by atoms with E-state index in [1.807, 2.05) is 0 Å². The molecule has 0 radical (unpaired) electrons. The van der Waals surface area contributed by atoms with E-state index in [0.29, 0.717) is 19.3 Å². The number of hydrogen-bond acceptors (Lipinski definition) is 6. The van der Waals surface area contributed by atoms with Crippen molar-refractivity contribution in [1.82, 2.24) is 0 Å². The van der Waals surface area contributed by atoms with E-state index in [4.69, 9.17) is 14.2 Å².